The molecule has 0 aliphatic rings. The molecule has 7 aromatic carbocycles. The van der Waals surface area contributed by atoms with Crippen molar-refractivity contribution in [1.29, 1.82) is 0 Å². The van der Waals surface area contributed by atoms with Gasteiger partial charge in [-0.05, 0) is 63.0 Å². The fourth-order valence-electron chi connectivity index (χ4n) is 5.41. The van der Waals surface area contributed by atoms with E-state index in [-0.39, 0.29) is 0 Å². The highest BCUT2D eigenvalue weighted by molar-refractivity contribution is 6.05. The van der Waals surface area contributed by atoms with Gasteiger partial charge in [0, 0.05) is 16.5 Å². The van der Waals surface area contributed by atoms with Crippen LogP contribution in [-0.2, 0) is 0 Å². The van der Waals surface area contributed by atoms with E-state index in [0.717, 1.165) is 5.69 Å². The van der Waals surface area contributed by atoms with E-state index in [1.54, 1.807) is 0 Å². The molecule has 1 heteroatoms. The van der Waals surface area contributed by atoms with E-state index in [0.29, 0.717) is 0 Å². The number of anilines is 3. The molecule has 0 radical (unpaired) electrons. The van der Waals surface area contributed by atoms with Gasteiger partial charge in [-0.15, -0.1) is 0 Å². The van der Waals surface area contributed by atoms with E-state index in [1.807, 2.05) is 0 Å². The van der Waals surface area contributed by atoms with E-state index in [1.165, 1.54) is 54.8 Å². The molecule has 0 saturated heterocycles. The maximum atomic E-state index is 2.41. The molecule has 0 N–H and O–H groups in total. The van der Waals surface area contributed by atoms with Gasteiger partial charge in [0.15, 0.2) is 0 Å². The fraction of sp³-hybridized carbons (Fsp3) is 0. The van der Waals surface area contributed by atoms with Crippen LogP contribution < -0.4 is 4.90 Å². The van der Waals surface area contributed by atoms with Crippen LogP contribution in [0.2, 0.25) is 0 Å². The molecule has 7 rings (SSSR count). The third kappa shape index (κ3) is 3.82. The molecule has 0 amide bonds. The minimum Gasteiger partial charge on any atom is -0.309 e. The summed E-state index contributed by atoms with van der Waals surface area (Å²) in [5.74, 6) is 0. The molecule has 1 nitrogen and oxygen atoms in total. The first-order valence-corrected chi connectivity index (χ1v) is 12.7. The molecule has 0 spiro atoms. The van der Waals surface area contributed by atoms with Crippen LogP contribution in [-0.4, -0.2) is 0 Å². The molecule has 0 aliphatic carbocycles. The topological polar surface area (TPSA) is 3.24 Å². The second kappa shape index (κ2) is 8.96. The summed E-state index contributed by atoms with van der Waals surface area (Å²) >= 11 is 0. The van der Waals surface area contributed by atoms with Gasteiger partial charge in [-0.3, -0.25) is 0 Å². The average molecular weight is 472 g/mol. The Morgan fingerprint density at radius 2 is 0.838 bits per heavy atom. The lowest BCUT2D eigenvalue weighted by molar-refractivity contribution is 1.31. The van der Waals surface area contributed by atoms with Crippen LogP contribution >= 0.6 is 0 Å². The number of nitrogens with zero attached hydrogens (tertiary/aromatic N) is 1. The van der Waals surface area contributed by atoms with Crippen LogP contribution in [0, 0.1) is 0 Å². The van der Waals surface area contributed by atoms with E-state index >= 15 is 0 Å². The molecule has 37 heavy (non-hydrogen) atoms. The van der Waals surface area contributed by atoms with Crippen LogP contribution in [0.15, 0.2) is 152 Å². The van der Waals surface area contributed by atoms with Crippen molar-refractivity contribution in [2.75, 3.05) is 4.90 Å². The lowest BCUT2D eigenvalue weighted by atomic mass is 9.99. The van der Waals surface area contributed by atoms with Crippen molar-refractivity contribution in [2.24, 2.45) is 0 Å². The van der Waals surface area contributed by atoms with Crippen molar-refractivity contribution < 1.29 is 0 Å². The van der Waals surface area contributed by atoms with Crippen molar-refractivity contribution in [3.05, 3.63) is 152 Å². The van der Waals surface area contributed by atoms with Crippen LogP contribution in [0.3, 0.4) is 0 Å². The van der Waals surface area contributed by atoms with Crippen molar-refractivity contribution >= 4 is 49.4 Å². The van der Waals surface area contributed by atoms with Crippen LogP contribution in [0.4, 0.5) is 17.1 Å². The predicted octanol–water partition coefficient (Wildman–Crippen LogP) is 10.3. The monoisotopic (exact) mass is 471 g/mol. The molecular weight excluding hydrogens is 446 g/mol. The predicted molar refractivity (Wildman–Crippen MR) is 159 cm³/mol. The molecule has 0 heterocycles. The molecule has 0 fully saturated rings. The van der Waals surface area contributed by atoms with E-state index < -0.39 is 0 Å². The van der Waals surface area contributed by atoms with Gasteiger partial charge in [0.05, 0.1) is 11.4 Å². The zero-order valence-corrected chi connectivity index (χ0v) is 20.4. The number of hydrogen-bond acceptors (Lipinski definition) is 1. The Hall–Kier alpha value is -4.88. The standard InChI is InChI=1S/C36H25N/c1-2-13-29-24-31(23-22-26(29)10-1)30-16-7-17-32(25-30)37(35-20-8-14-27-11-3-5-18-33(27)35)36-21-9-15-28-12-4-6-19-34(28)36/h1-25H. The quantitative estimate of drug-likeness (QED) is 0.247. The molecule has 7 aromatic rings. The molecule has 0 bridgehead atoms. The lowest BCUT2D eigenvalue weighted by Gasteiger charge is -2.28. The normalized spacial score (nSPS) is 11.2. The number of rotatable bonds is 4. The molecule has 0 aliphatic heterocycles. The summed E-state index contributed by atoms with van der Waals surface area (Å²) in [6.07, 6.45) is 0. The van der Waals surface area contributed by atoms with Gasteiger partial charge in [-0.1, -0.05) is 121 Å². The fourth-order valence-corrected chi connectivity index (χ4v) is 5.41. The molecular formula is C36H25N. The average Bonchev–Trinajstić information content (AvgIpc) is 2.97. The largest absolute Gasteiger partial charge is 0.309 e. The molecule has 174 valence electrons. The molecule has 0 atom stereocenters. The zero-order valence-electron chi connectivity index (χ0n) is 20.4. The van der Waals surface area contributed by atoms with E-state index in [2.05, 4.69) is 157 Å². The third-order valence-corrected chi connectivity index (χ3v) is 7.20. The summed E-state index contributed by atoms with van der Waals surface area (Å²) in [7, 11) is 0. The molecule has 0 aromatic heterocycles. The van der Waals surface area contributed by atoms with Gasteiger partial charge < -0.3 is 4.90 Å². The SMILES string of the molecule is c1cc(-c2ccc3ccccc3c2)cc(N(c2cccc3ccccc23)c2cccc3ccccc23)c1. The van der Waals surface area contributed by atoms with Crippen molar-refractivity contribution in [1.82, 2.24) is 0 Å². The minimum atomic E-state index is 1.14. The Labute approximate surface area is 216 Å². The van der Waals surface area contributed by atoms with Crippen LogP contribution in [0.25, 0.3) is 43.4 Å². The van der Waals surface area contributed by atoms with Gasteiger partial charge in [-0.25, -0.2) is 0 Å². The maximum Gasteiger partial charge on any atom is 0.0540 e. The van der Waals surface area contributed by atoms with Gasteiger partial charge in [0.1, 0.15) is 0 Å². The number of benzene rings is 7. The summed E-state index contributed by atoms with van der Waals surface area (Å²) in [5.41, 5.74) is 5.90. The maximum absolute atomic E-state index is 2.41. The summed E-state index contributed by atoms with van der Waals surface area (Å²) < 4.78 is 0. The second-order valence-electron chi connectivity index (χ2n) is 9.44. The second-order valence-corrected chi connectivity index (χ2v) is 9.44. The Kier molecular flexibility index (Phi) is 5.19. The minimum absolute atomic E-state index is 1.14. The summed E-state index contributed by atoms with van der Waals surface area (Å²) in [6.45, 7) is 0. The molecule has 0 unspecified atom stereocenters. The van der Waals surface area contributed by atoms with Crippen LogP contribution in [0.1, 0.15) is 0 Å². The summed E-state index contributed by atoms with van der Waals surface area (Å²) in [4.78, 5) is 2.41. The first-order valence-electron chi connectivity index (χ1n) is 12.7. The van der Waals surface area contributed by atoms with Crippen LogP contribution in [0.5, 0.6) is 0 Å². The van der Waals surface area contributed by atoms with Crippen molar-refractivity contribution in [2.45, 2.75) is 0 Å². The number of hydrogen-bond donors (Lipinski definition) is 0. The Balaban J connectivity index is 1.47. The summed E-state index contributed by atoms with van der Waals surface area (Å²) in [5, 5.41) is 7.44. The Bertz CT molecular complexity index is 1810. The third-order valence-electron chi connectivity index (χ3n) is 7.20. The highest BCUT2D eigenvalue weighted by Gasteiger charge is 2.18. The Morgan fingerprint density at radius 1 is 0.324 bits per heavy atom. The first-order chi connectivity index (χ1) is 18.3. The van der Waals surface area contributed by atoms with E-state index in [4.69, 9.17) is 0 Å². The van der Waals surface area contributed by atoms with Gasteiger partial charge in [0.2, 0.25) is 0 Å². The lowest BCUT2D eigenvalue weighted by Crippen LogP contribution is -2.11. The van der Waals surface area contributed by atoms with Gasteiger partial charge in [-0.2, -0.15) is 0 Å². The smallest absolute Gasteiger partial charge is 0.0540 e. The first kappa shape index (κ1) is 21.4. The summed E-state index contributed by atoms with van der Waals surface area (Å²) in [6, 6.07) is 54.6. The number of fused-ring (bicyclic) bond motifs is 3. The van der Waals surface area contributed by atoms with Crippen molar-refractivity contribution in [3.8, 4) is 11.1 Å². The van der Waals surface area contributed by atoms with E-state index in [9.17, 15) is 0 Å². The van der Waals surface area contributed by atoms with Gasteiger partial charge in [0.25, 0.3) is 0 Å². The Morgan fingerprint density at radius 3 is 1.51 bits per heavy atom. The zero-order chi connectivity index (χ0) is 24.6. The molecule has 0 saturated carbocycles. The van der Waals surface area contributed by atoms with Gasteiger partial charge >= 0.3 is 0 Å². The highest BCUT2D eigenvalue weighted by atomic mass is 15.1. The highest BCUT2D eigenvalue weighted by Crippen LogP contribution is 2.42. The van der Waals surface area contributed by atoms with Crippen molar-refractivity contribution in [3.63, 3.8) is 0 Å².